The second-order valence-electron chi connectivity index (χ2n) is 5.12. The van der Waals surface area contributed by atoms with Gasteiger partial charge in [0, 0.05) is 12.2 Å². The zero-order chi connectivity index (χ0) is 12.5. The number of hydrogen-bond acceptors (Lipinski definition) is 3. The Morgan fingerprint density at radius 1 is 1.53 bits per heavy atom. The summed E-state index contributed by atoms with van der Waals surface area (Å²) in [5, 5.41) is 12.2. The van der Waals surface area contributed by atoms with Gasteiger partial charge >= 0.3 is 0 Å². The van der Waals surface area contributed by atoms with Crippen LogP contribution in [0.1, 0.15) is 36.5 Å². The highest BCUT2D eigenvalue weighted by Gasteiger charge is 2.32. The van der Waals surface area contributed by atoms with Gasteiger partial charge in [0.1, 0.15) is 5.75 Å². The summed E-state index contributed by atoms with van der Waals surface area (Å²) in [6.45, 7) is 2.84. The van der Waals surface area contributed by atoms with Gasteiger partial charge in [-0.2, -0.15) is 0 Å². The number of aromatic hydroxyl groups is 1. The Bertz CT molecular complexity index is 439. The van der Waals surface area contributed by atoms with Crippen LogP contribution in [0.25, 0.3) is 0 Å². The Morgan fingerprint density at radius 3 is 2.82 bits per heavy atom. The van der Waals surface area contributed by atoms with Crippen LogP contribution in [0.2, 0.25) is 0 Å². The number of phenolic OH excluding ortho intramolecular Hbond substituents is 1. The largest absolute Gasteiger partial charge is 0.508 e. The van der Waals surface area contributed by atoms with Crippen LogP contribution < -0.4 is 11.1 Å². The van der Waals surface area contributed by atoms with Crippen molar-refractivity contribution < 1.29 is 9.90 Å². The van der Waals surface area contributed by atoms with Crippen molar-refractivity contribution in [3.8, 4) is 5.75 Å². The average Bonchev–Trinajstić information content (AvgIpc) is 2.26. The summed E-state index contributed by atoms with van der Waals surface area (Å²) >= 11 is 0. The van der Waals surface area contributed by atoms with E-state index in [2.05, 4.69) is 12.2 Å². The number of carbonyl (C=O) groups is 1. The molecule has 0 unspecified atom stereocenters. The molecule has 0 aromatic heterocycles. The van der Waals surface area contributed by atoms with Gasteiger partial charge in [0.15, 0.2) is 0 Å². The Balaban J connectivity index is 2.01. The number of rotatable bonds is 3. The van der Waals surface area contributed by atoms with Crippen molar-refractivity contribution in [1.29, 1.82) is 0 Å². The van der Waals surface area contributed by atoms with Crippen LogP contribution in [0, 0.1) is 5.41 Å². The molecule has 4 nitrogen and oxygen atoms in total. The molecule has 1 fully saturated rings. The predicted molar refractivity (Wildman–Crippen MR) is 66.8 cm³/mol. The van der Waals surface area contributed by atoms with Crippen LogP contribution in [0.4, 0.5) is 5.69 Å². The molecular formula is C13H18N2O2. The summed E-state index contributed by atoms with van der Waals surface area (Å²) in [6, 6.07) is 4.41. The molecule has 92 valence electrons. The maximum atomic E-state index is 11.9. The van der Waals surface area contributed by atoms with E-state index in [1.165, 1.54) is 24.6 Å². The third-order valence-corrected chi connectivity index (χ3v) is 3.52. The lowest BCUT2D eigenvalue weighted by atomic mass is 9.70. The third-order valence-electron chi connectivity index (χ3n) is 3.52. The first-order chi connectivity index (χ1) is 8.00. The van der Waals surface area contributed by atoms with Crippen LogP contribution in [0.5, 0.6) is 5.75 Å². The molecule has 17 heavy (non-hydrogen) atoms. The number of nitrogens with one attached hydrogen (secondary N) is 1. The fourth-order valence-electron chi connectivity index (χ4n) is 2.09. The van der Waals surface area contributed by atoms with Crippen LogP contribution in [-0.2, 0) is 0 Å². The van der Waals surface area contributed by atoms with E-state index in [0.29, 0.717) is 17.8 Å². The zero-order valence-electron chi connectivity index (χ0n) is 9.99. The van der Waals surface area contributed by atoms with Crippen molar-refractivity contribution in [3.05, 3.63) is 23.8 Å². The van der Waals surface area contributed by atoms with Crippen molar-refractivity contribution in [2.75, 3.05) is 12.3 Å². The van der Waals surface area contributed by atoms with Crippen LogP contribution >= 0.6 is 0 Å². The molecule has 2 rings (SSSR count). The normalized spacial score (nSPS) is 17.2. The molecule has 0 heterocycles. The summed E-state index contributed by atoms with van der Waals surface area (Å²) in [4.78, 5) is 11.9. The van der Waals surface area contributed by atoms with Crippen molar-refractivity contribution in [3.63, 3.8) is 0 Å². The van der Waals surface area contributed by atoms with E-state index in [-0.39, 0.29) is 17.1 Å². The van der Waals surface area contributed by atoms with Crippen molar-refractivity contribution >= 4 is 11.6 Å². The summed E-state index contributed by atoms with van der Waals surface area (Å²) in [6.07, 6.45) is 3.55. The fraction of sp³-hybridized carbons (Fsp3) is 0.462. The minimum atomic E-state index is -0.216. The standard InChI is InChI=1S/C13H18N2O2/c1-13(5-2-6-13)8-15-12(17)10-7-9(16)3-4-11(10)14/h3-4,7,16H,2,5-6,8,14H2,1H3,(H,15,17). The molecule has 1 aromatic carbocycles. The SMILES string of the molecule is CC1(CNC(=O)c2cc(O)ccc2N)CCC1. The van der Waals surface area contributed by atoms with Crippen molar-refractivity contribution in [2.45, 2.75) is 26.2 Å². The van der Waals surface area contributed by atoms with E-state index in [4.69, 9.17) is 5.73 Å². The van der Waals surface area contributed by atoms with Gasteiger partial charge in [0.05, 0.1) is 5.56 Å². The van der Waals surface area contributed by atoms with Gasteiger partial charge in [-0.15, -0.1) is 0 Å². The summed E-state index contributed by atoms with van der Waals surface area (Å²) in [7, 11) is 0. The molecule has 0 radical (unpaired) electrons. The number of anilines is 1. The average molecular weight is 234 g/mol. The Labute approximate surface area is 101 Å². The molecule has 0 bridgehead atoms. The number of carbonyl (C=O) groups excluding carboxylic acids is 1. The molecule has 1 aliphatic rings. The summed E-state index contributed by atoms with van der Waals surface area (Å²) in [5.41, 5.74) is 6.67. The lowest BCUT2D eigenvalue weighted by Gasteiger charge is -2.38. The first kappa shape index (κ1) is 11.8. The molecule has 1 aliphatic carbocycles. The molecule has 1 saturated carbocycles. The maximum Gasteiger partial charge on any atom is 0.253 e. The van der Waals surface area contributed by atoms with E-state index in [1.807, 2.05) is 0 Å². The van der Waals surface area contributed by atoms with Crippen LogP contribution in [0.3, 0.4) is 0 Å². The number of nitrogens with two attached hydrogens (primary N) is 1. The summed E-state index contributed by atoms with van der Waals surface area (Å²) in [5.74, 6) is -0.161. The second kappa shape index (κ2) is 4.28. The molecular weight excluding hydrogens is 216 g/mol. The molecule has 0 aliphatic heterocycles. The second-order valence-corrected chi connectivity index (χ2v) is 5.12. The fourth-order valence-corrected chi connectivity index (χ4v) is 2.09. The maximum absolute atomic E-state index is 11.9. The minimum absolute atomic E-state index is 0.0548. The molecule has 4 N–H and O–H groups in total. The van der Waals surface area contributed by atoms with Gasteiger partial charge in [-0.3, -0.25) is 4.79 Å². The number of phenols is 1. The minimum Gasteiger partial charge on any atom is -0.508 e. The summed E-state index contributed by atoms with van der Waals surface area (Å²) < 4.78 is 0. The number of amides is 1. The monoisotopic (exact) mass is 234 g/mol. The van der Waals surface area contributed by atoms with E-state index in [1.54, 1.807) is 0 Å². The Kier molecular flexibility index (Phi) is 2.96. The Morgan fingerprint density at radius 2 is 2.24 bits per heavy atom. The molecule has 1 aromatic rings. The third kappa shape index (κ3) is 2.52. The molecule has 0 atom stereocenters. The topological polar surface area (TPSA) is 75.3 Å². The van der Waals surface area contributed by atoms with Gasteiger partial charge in [-0.1, -0.05) is 13.3 Å². The van der Waals surface area contributed by atoms with Crippen molar-refractivity contribution in [2.24, 2.45) is 5.41 Å². The number of hydrogen-bond donors (Lipinski definition) is 3. The van der Waals surface area contributed by atoms with Gasteiger partial charge in [-0.05, 0) is 36.5 Å². The molecule has 0 saturated heterocycles. The highest BCUT2D eigenvalue weighted by Crippen LogP contribution is 2.39. The highest BCUT2D eigenvalue weighted by atomic mass is 16.3. The Hall–Kier alpha value is -1.71. The van der Waals surface area contributed by atoms with Gasteiger partial charge in [0.2, 0.25) is 0 Å². The highest BCUT2D eigenvalue weighted by molar-refractivity contribution is 5.99. The zero-order valence-corrected chi connectivity index (χ0v) is 9.99. The van der Waals surface area contributed by atoms with Gasteiger partial charge in [-0.25, -0.2) is 0 Å². The first-order valence-corrected chi connectivity index (χ1v) is 5.87. The van der Waals surface area contributed by atoms with E-state index in [9.17, 15) is 9.90 Å². The van der Waals surface area contributed by atoms with E-state index >= 15 is 0 Å². The predicted octanol–water partition coefficient (Wildman–Crippen LogP) is 1.89. The molecule has 0 spiro atoms. The molecule has 4 heteroatoms. The van der Waals surface area contributed by atoms with Gasteiger partial charge in [0.25, 0.3) is 5.91 Å². The van der Waals surface area contributed by atoms with Crippen LogP contribution in [0.15, 0.2) is 18.2 Å². The van der Waals surface area contributed by atoms with Gasteiger partial charge < -0.3 is 16.2 Å². The first-order valence-electron chi connectivity index (χ1n) is 5.87. The lowest BCUT2D eigenvalue weighted by Crippen LogP contribution is -2.40. The van der Waals surface area contributed by atoms with Crippen molar-refractivity contribution in [1.82, 2.24) is 5.32 Å². The number of nitrogen functional groups attached to an aromatic ring is 1. The quantitative estimate of drug-likeness (QED) is 0.552. The lowest BCUT2D eigenvalue weighted by molar-refractivity contribution is 0.0891. The molecule has 1 amide bonds. The van der Waals surface area contributed by atoms with E-state index in [0.717, 1.165) is 12.8 Å². The van der Waals surface area contributed by atoms with Crippen LogP contribution in [-0.4, -0.2) is 17.6 Å². The smallest absolute Gasteiger partial charge is 0.253 e. The van der Waals surface area contributed by atoms with E-state index < -0.39 is 0 Å². The number of benzene rings is 1.